The van der Waals surface area contributed by atoms with Gasteiger partial charge in [-0.2, -0.15) is 0 Å². The van der Waals surface area contributed by atoms with E-state index in [9.17, 15) is 9.18 Å². The van der Waals surface area contributed by atoms with Crippen LogP contribution in [0, 0.1) is 11.7 Å². The van der Waals surface area contributed by atoms with Crippen LogP contribution in [0.25, 0.3) is 0 Å². The van der Waals surface area contributed by atoms with E-state index in [0.717, 1.165) is 31.4 Å². The second-order valence-electron chi connectivity index (χ2n) is 6.61. The van der Waals surface area contributed by atoms with Gasteiger partial charge in [0.25, 0.3) is 0 Å². The van der Waals surface area contributed by atoms with Crippen LogP contribution >= 0.6 is 0 Å². The highest BCUT2D eigenvalue weighted by molar-refractivity contribution is 5.88. The maximum atomic E-state index is 13.5. The molecule has 1 aromatic rings. The highest BCUT2D eigenvalue weighted by atomic mass is 19.1. The lowest BCUT2D eigenvalue weighted by molar-refractivity contribution is -0.142. The molecular formula is C20H28FNO2. The molecule has 1 aliphatic carbocycles. The summed E-state index contributed by atoms with van der Waals surface area (Å²) >= 11 is 0. The summed E-state index contributed by atoms with van der Waals surface area (Å²) in [5, 5.41) is 4.09. The summed E-state index contributed by atoms with van der Waals surface area (Å²) < 4.78 is 13.5. The van der Waals surface area contributed by atoms with Gasteiger partial charge in [0.05, 0.1) is 12.1 Å². The van der Waals surface area contributed by atoms with Gasteiger partial charge in [-0.25, -0.2) is 9.18 Å². The molecule has 0 N–H and O–H groups in total. The molecule has 0 spiro atoms. The van der Waals surface area contributed by atoms with E-state index >= 15 is 0 Å². The number of hydrogen-bond acceptors (Lipinski definition) is 3. The minimum Gasteiger partial charge on any atom is -0.318 e. The van der Waals surface area contributed by atoms with Crippen LogP contribution in [-0.4, -0.2) is 11.7 Å². The van der Waals surface area contributed by atoms with E-state index in [-0.39, 0.29) is 12.2 Å². The van der Waals surface area contributed by atoms with Crippen molar-refractivity contribution in [1.82, 2.24) is 0 Å². The topological polar surface area (TPSA) is 38.7 Å². The number of rotatable bonds is 9. The largest absolute Gasteiger partial charge is 0.339 e. The normalized spacial score (nSPS) is 18.9. The SMILES string of the molecule is CCCCCCC[C@@H]1CCCC1=NOC(=O)Cc1ccccc1F. The zero-order chi connectivity index (χ0) is 17.2. The van der Waals surface area contributed by atoms with Crippen molar-refractivity contribution in [2.24, 2.45) is 11.1 Å². The Kier molecular flexibility index (Phi) is 7.93. The fourth-order valence-corrected chi connectivity index (χ4v) is 3.26. The molecule has 2 rings (SSSR count). The Bertz CT molecular complexity index is 556. The van der Waals surface area contributed by atoms with E-state index < -0.39 is 5.97 Å². The molecular weight excluding hydrogens is 305 g/mol. The Balaban J connectivity index is 1.77. The molecule has 0 radical (unpaired) electrons. The fraction of sp³-hybridized carbons (Fsp3) is 0.600. The number of nitrogens with zero attached hydrogens (tertiary/aromatic N) is 1. The molecule has 0 aromatic heterocycles. The van der Waals surface area contributed by atoms with E-state index in [1.54, 1.807) is 18.2 Å². The van der Waals surface area contributed by atoms with E-state index in [1.165, 1.54) is 38.2 Å². The Morgan fingerprint density at radius 3 is 2.83 bits per heavy atom. The van der Waals surface area contributed by atoms with Crippen molar-refractivity contribution in [1.29, 1.82) is 0 Å². The average Bonchev–Trinajstić information content (AvgIpc) is 3.02. The molecule has 0 heterocycles. The van der Waals surface area contributed by atoms with E-state index in [0.29, 0.717) is 11.5 Å². The first-order valence-corrected chi connectivity index (χ1v) is 9.20. The summed E-state index contributed by atoms with van der Waals surface area (Å²) in [6, 6.07) is 6.26. The predicted octanol–water partition coefficient (Wildman–Crippen LogP) is 5.43. The number of oxime groups is 1. The van der Waals surface area contributed by atoms with E-state index in [1.807, 2.05) is 0 Å². The van der Waals surface area contributed by atoms with Crippen LogP contribution in [0.1, 0.15) is 70.3 Å². The quantitative estimate of drug-likeness (QED) is 0.343. The third-order valence-corrected chi connectivity index (χ3v) is 4.67. The Hall–Kier alpha value is -1.71. The van der Waals surface area contributed by atoms with Crippen LogP contribution in [0.15, 0.2) is 29.4 Å². The highest BCUT2D eigenvalue weighted by Crippen LogP contribution is 2.28. The Morgan fingerprint density at radius 1 is 1.25 bits per heavy atom. The molecule has 0 bridgehead atoms. The van der Waals surface area contributed by atoms with Gasteiger partial charge in [-0.1, -0.05) is 62.4 Å². The third kappa shape index (κ3) is 6.06. The minimum absolute atomic E-state index is 0.0782. The summed E-state index contributed by atoms with van der Waals surface area (Å²) in [6.45, 7) is 2.22. The molecule has 1 aliphatic rings. The zero-order valence-corrected chi connectivity index (χ0v) is 14.6. The lowest BCUT2D eigenvalue weighted by atomic mass is 9.98. The minimum atomic E-state index is -0.499. The Labute approximate surface area is 144 Å². The number of carbonyl (C=O) groups excluding carboxylic acids is 1. The zero-order valence-electron chi connectivity index (χ0n) is 14.6. The summed E-state index contributed by atoms with van der Waals surface area (Å²) in [5.41, 5.74) is 1.36. The van der Waals surface area contributed by atoms with Crippen LogP contribution < -0.4 is 0 Å². The number of halogens is 1. The molecule has 1 aromatic carbocycles. The molecule has 0 aliphatic heterocycles. The van der Waals surface area contributed by atoms with Crippen molar-refractivity contribution in [3.8, 4) is 0 Å². The predicted molar refractivity (Wildman–Crippen MR) is 94.3 cm³/mol. The van der Waals surface area contributed by atoms with Gasteiger partial charge in [0.15, 0.2) is 0 Å². The molecule has 1 atom stereocenters. The number of unbranched alkanes of at least 4 members (excludes halogenated alkanes) is 4. The second kappa shape index (κ2) is 10.2. The maximum absolute atomic E-state index is 13.5. The molecule has 132 valence electrons. The number of carbonyl (C=O) groups is 1. The number of hydrogen-bond donors (Lipinski definition) is 0. The molecule has 0 unspecified atom stereocenters. The molecule has 0 saturated heterocycles. The van der Waals surface area contributed by atoms with Crippen molar-refractivity contribution in [2.45, 2.75) is 71.1 Å². The molecule has 3 nitrogen and oxygen atoms in total. The second-order valence-corrected chi connectivity index (χ2v) is 6.61. The van der Waals surface area contributed by atoms with Gasteiger partial charge in [0, 0.05) is 5.92 Å². The summed E-state index contributed by atoms with van der Waals surface area (Å²) in [5.74, 6) is -0.429. The molecule has 1 fully saturated rings. The summed E-state index contributed by atoms with van der Waals surface area (Å²) in [6.07, 6.45) is 10.6. The third-order valence-electron chi connectivity index (χ3n) is 4.67. The summed E-state index contributed by atoms with van der Waals surface area (Å²) in [4.78, 5) is 16.9. The van der Waals surface area contributed by atoms with Crippen molar-refractivity contribution in [3.05, 3.63) is 35.6 Å². The van der Waals surface area contributed by atoms with E-state index in [4.69, 9.17) is 4.84 Å². The average molecular weight is 333 g/mol. The van der Waals surface area contributed by atoms with Crippen LogP contribution in [0.3, 0.4) is 0 Å². The molecule has 1 saturated carbocycles. The van der Waals surface area contributed by atoms with Gasteiger partial charge < -0.3 is 4.84 Å². The standard InChI is InChI=1S/C20H28FNO2/c1-2-3-4-5-6-10-16-12-9-14-19(16)22-24-20(23)15-17-11-7-8-13-18(17)21/h7-8,11,13,16H,2-6,9-10,12,14-15H2,1H3/t16-/m1/s1. The van der Waals surface area contributed by atoms with Crippen LogP contribution in [0.5, 0.6) is 0 Å². The van der Waals surface area contributed by atoms with Gasteiger partial charge in [0.2, 0.25) is 0 Å². The van der Waals surface area contributed by atoms with Crippen molar-refractivity contribution < 1.29 is 14.0 Å². The Morgan fingerprint density at radius 2 is 2.04 bits per heavy atom. The lowest BCUT2D eigenvalue weighted by Crippen LogP contribution is -2.11. The van der Waals surface area contributed by atoms with Crippen LogP contribution in [-0.2, 0) is 16.1 Å². The summed E-state index contributed by atoms with van der Waals surface area (Å²) in [7, 11) is 0. The van der Waals surface area contributed by atoms with E-state index in [2.05, 4.69) is 12.1 Å². The van der Waals surface area contributed by atoms with Gasteiger partial charge in [-0.05, 0) is 37.3 Å². The smallest absolute Gasteiger partial charge is 0.318 e. The lowest BCUT2D eigenvalue weighted by Gasteiger charge is -2.10. The van der Waals surface area contributed by atoms with Gasteiger partial charge in [-0.3, -0.25) is 0 Å². The maximum Gasteiger partial charge on any atom is 0.339 e. The van der Waals surface area contributed by atoms with Gasteiger partial charge in [0.1, 0.15) is 5.82 Å². The monoisotopic (exact) mass is 333 g/mol. The first kappa shape index (κ1) is 18.6. The first-order chi connectivity index (χ1) is 11.7. The first-order valence-electron chi connectivity index (χ1n) is 9.20. The fourth-order valence-electron chi connectivity index (χ4n) is 3.26. The van der Waals surface area contributed by atoms with Crippen molar-refractivity contribution in [2.75, 3.05) is 0 Å². The molecule has 0 amide bonds. The van der Waals surface area contributed by atoms with Crippen molar-refractivity contribution in [3.63, 3.8) is 0 Å². The molecule has 4 heteroatoms. The molecule has 24 heavy (non-hydrogen) atoms. The van der Waals surface area contributed by atoms with Gasteiger partial charge in [-0.15, -0.1) is 0 Å². The van der Waals surface area contributed by atoms with Crippen molar-refractivity contribution >= 4 is 11.7 Å². The van der Waals surface area contributed by atoms with Crippen LogP contribution in [0.4, 0.5) is 4.39 Å². The highest BCUT2D eigenvalue weighted by Gasteiger charge is 2.23. The van der Waals surface area contributed by atoms with Gasteiger partial charge >= 0.3 is 5.97 Å². The van der Waals surface area contributed by atoms with Crippen LogP contribution in [0.2, 0.25) is 0 Å². The number of benzene rings is 1.